The number of hydrogen-bond donors (Lipinski definition) is 1. The van der Waals surface area contributed by atoms with Crippen molar-refractivity contribution in [2.75, 3.05) is 13.2 Å². The van der Waals surface area contributed by atoms with E-state index in [1.807, 2.05) is 42.5 Å². The van der Waals surface area contributed by atoms with Crippen LogP contribution in [0.5, 0.6) is 5.75 Å². The van der Waals surface area contributed by atoms with E-state index in [1.54, 1.807) is 0 Å². The summed E-state index contributed by atoms with van der Waals surface area (Å²) >= 11 is 0. The summed E-state index contributed by atoms with van der Waals surface area (Å²) in [5.74, 6) is 0.668. The van der Waals surface area contributed by atoms with Gasteiger partial charge in [-0.3, -0.25) is 0 Å². The third kappa shape index (κ3) is 2.26. The largest absolute Gasteiger partial charge is 0.394 e. The first-order valence-electron chi connectivity index (χ1n) is 4.80. The van der Waals surface area contributed by atoms with Crippen LogP contribution < -0.4 is 4.89 Å². The molecule has 3 heteroatoms. The molecule has 0 fully saturated rings. The van der Waals surface area contributed by atoms with Crippen LogP contribution in [-0.4, -0.2) is 18.3 Å². The molecule has 0 saturated heterocycles. The smallest absolute Gasteiger partial charge is 0.173 e. The molecule has 0 spiro atoms. The second-order valence-electron chi connectivity index (χ2n) is 3.11. The van der Waals surface area contributed by atoms with Crippen molar-refractivity contribution >= 4 is 10.8 Å². The molecular weight excluding hydrogens is 192 g/mol. The molecule has 0 radical (unpaired) electrons. The van der Waals surface area contributed by atoms with Crippen molar-refractivity contribution in [1.82, 2.24) is 0 Å². The Labute approximate surface area is 87.8 Å². The highest BCUT2D eigenvalue weighted by atomic mass is 17.2. The number of hydrogen-bond acceptors (Lipinski definition) is 3. The molecule has 0 aliphatic rings. The molecule has 2 aromatic rings. The predicted octanol–water partition coefficient (Wildman–Crippen LogP) is 2.14. The molecule has 78 valence electrons. The van der Waals surface area contributed by atoms with Crippen LogP contribution >= 0.6 is 0 Å². The van der Waals surface area contributed by atoms with Gasteiger partial charge in [0, 0.05) is 5.39 Å². The Balaban J connectivity index is 2.26. The van der Waals surface area contributed by atoms with E-state index in [9.17, 15) is 0 Å². The van der Waals surface area contributed by atoms with Crippen molar-refractivity contribution in [1.29, 1.82) is 0 Å². The van der Waals surface area contributed by atoms with Gasteiger partial charge in [-0.15, -0.1) is 0 Å². The lowest BCUT2D eigenvalue weighted by molar-refractivity contribution is -0.211. The van der Waals surface area contributed by atoms with E-state index >= 15 is 0 Å². The molecule has 0 aromatic heterocycles. The van der Waals surface area contributed by atoms with Crippen molar-refractivity contribution in [3.8, 4) is 5.75 Å². The summed E-state index contributed by atoms with van der Waals surface area (Å²) < 4.78 is 0. The average molecular weight is 204 g/mol. The van der Waals surface area contributed by atoms with Gasteiger partial charge < -0.3 is 9.99 Å². The second-order valence-corrected chi connectivity index (χ2v) is 3.11. The fourth-order valence-corrected chi connectivity index (χ4v) is 1.41. The zero-order valence-corrected chi connectivity index (χ0v) is 8.22. The summed E-state index contributed by atoms with van der Waals surface area (Å²) in [7, 11) is 0. The van der Waals surface area contributed by atoms with Crippen LogP contribution in [0.25, 0.3) is 10.8 Å². The van der Waals surface area contributed by atoms with E-state index in [1.165, 1.54) is 0 Å². The van der Waals surface area contributed by atoms with Crippen LogP contribution in [-0.2, 0) is 4.89 Å². The van der Waals surface area contributed by atoms with E-state index in [2.05, 4.69) is 0 Å². The van der Waals surface area contributed by atoms with Crippen LogP contribution in [0.2, 0.25) is 0 Å². The van der Waals surface area contributed by atoms with Gasteiger partial charge in [0.05, 0.1) is 6.61 Å². The standard InChI is InChI=1S/C12H12O3/c13-8-9-14-15-12-7-3-5-10-4-1-2-6-11(10)12/h1-7,13H,8-9H2. The number of rotatable bonds is 4. The van der Waals surface area contributed by atoms with Gasteiger partial charge in [-0.2, -0.15) is 4.89 Å². The van der Waals surface area contributed by atoms with Gasteiger partial charge in [0.2, 0.25) is 0 Å². The summed E-state index contributed by atoms with van der Waals surface area (Å²) in [6, 6.07) is 13.6. The fraction of sp³-hybridized carbons (Fsp3) is 0.167. The summed E-state index contributed by atoms with van der Waals surface area (Å²) in [6.45, 7) is 0.119. The maximum Gasteiger partial charge on any atom is 0.173 e. The lowest BCUT2D eigenvalue weighted by Crippen LogP contribution is -2.02. The van der Waals surface area contributed by atoms with Crippen molar-refractivity contribution in [3.63, 3.8) is 0 Å². The minimum Gasteiger partial charge on any atom is -0.394 e. The Morgan fingerprint density at radius 1 is 1.00 bits per heavy atom. The van der Waals surface area contributed by atoms with Gasteiger partial charge in [0.1, 0.15) is 6.61 Å². The number of aliphatic hydroxyl groups excluding tert-OH is 1. The molecule has 0 amide bonds. The van der Waals surface area contributed by atoms with Gasteiger partial charge in [0.15, 0.2) is 5.75 Å². The molecule has 0 atom stereocenters. The average Bonchev–Trinajstić information content (AvgIpc) is 2.30. The van der Waals surface area contributed by atoms with E-state index in [0.29, 0.717) is 5.75 Å². The highest BCUT2D eigenvalue weighted by Gasteiger charge is 2.01. The normalized spacial score (nSPS) is 10.5. The molecule has 0 aliphatic carbocycles. The maximum atomic E-state index is 8.55. The highest BCUT2D eigenvalue weighted by Crippen LogP contribution is 2.24. The van der Waals surface area contributed by atoms with Gasteiger partial charge in [-0.05, 0) is 11.5 Å². The van der Waals surface area contributed by atoms with Crippen LogP contribution in [0.3, 0.4) is 0 Å². The lowest BCUT2D eigenvalue weighted by Gasteiger charge is -2.06. The molecule has 3 nitrogen and oxygen atoms in total. The fourth-order valence-electron chi connectivity index (χ4n) is 1.41. The Hall–Kier alpha value is -1.58. The topological polar surface area (TPSA) is 38.7 Å². The number of aliphatic hydroxyl groups is 1. The predicted molar refractivity (Wildman–Crippen MR) is 57.6 cm³/mol. The highest BCUT2D eigenvalue weighted by molar-refractivity contribution is 5.88. The summed E-state index contributed by atoms with van der Waals surface area (Å²) in [4.78, 5) is 9.93. The quantitative estimate of drug-likeness (QED) is 0.471. The molecule has 2 aromatic carbocycles. The Morgan fingerprint density at radius 3 is 2.67 bits per heavy atom. The van der Waals surface area contributed by atoms with Gasteiger partial charge in [0.25, 0.3) is 0 Å². The SMILES string of the molecule is OCCOOc1cccc2ccccc12. The van der Waals surface area contributed by atoms with E-state index in [-0.39, 0.29) is 13.2 Å². The van der Waals surface area contributed by atoms with Crippen LogP contribution in [0.1, 0.15) is 0 Å². The van der Waals surface area contributed by atoms with Crippen molar-refractivity contribution in [2.45, 2.75) is 0 Å². The minimum atomic E-state index is -0.0508. The zero-order valence-electron chi connectivity index (χ0n) is 8.22. The Morgan fingerprint density at radius 2 is 1.80 bits per heavy atom. The molecular formula is C12H12O3. The summed E-state index contributed by atoms with van der Waals surface area (Å²) in [5, 5.41) is 10.7. The zero-order chi connectivity index (χ0) is 10.5. The monoisotopic (exact) mass is 204 g/mol. The van der Waals surface area contributed by atoms with E-state index in [4.69, 9.17) is 14.9 Å². The van der Waals surface area contributed by atoms with Crippen molar-refractivity contribution in [2.24, 2.45) is 0 Å². The van der Waals surface area contributed by atoms with E-state index < -0.39 is 0 Å². The van der Waals surface area contributed by atoms with Crippen LogP contribution in [0.4, 0.5) is 0 Å². The molecule has 0 aliphatic heterocycles. The molecule has 1 N–H and O–H groups in total. The molecule has 15 heavy (non-hydrogen) atoms. The summed E-state index contributed by atoms with van der Waals surface area (Å²) in [5.41, 5.74) is 0. The third-order valence-corrected chi connectivity index (χ3v) is 2.07. The van der Waals surface area contributed by atoms with Gasteiger partial charge >= 0.3 is 0 Å². The van der Waals surface area contributed by atoms with Crippen LogP contribution in [0.15, 0.2) is 42.5 Å². The first kappa shape index (κ1) is 9.96. The number of fused-ring (bicyclic) bond motifs is 1. The Kier molecular flexibility index (Phi) is 3.17. The Bertz CT molecular complexity index is 434. The molecule has 0 unspecified atom stereocenters. The van der Waals surface area contributed by atoms with Gasteiger partial charge in [-0.1, -0.05) is 36.4 Å². The number of benzene rings is 2. The second kappa shape index (κ2) is 4.77. The van der Waals surface area contributed by atoms with Crippen molar-refractivity contribution < 1.29 is 14.9 Å². The first-order chi connectivity index (χ1) is 7.42. The minimum absolute atomic E-state index is 0.0508. The molecule has 0 heterocycles. The maximum absolute atomic E-state index is 8.55. The first-order valence-corrected chi connectivity index (χ1v) is 4.80. The van der Waals surface area contributed by atoms with Gasteiger partial charge in [-0.25, -0.2) is 0 Å². The van der Waals surface area contributed by atoms with Crippen molar-refractivity contribution in [3.05, 3.63) is 42.5 Å². The molecule has 2 rings (SSSR count). The third-order valence-electron chi connectivity index (χ3n) is 2.07. The summed E-state index contributed by atoms with van der Waals surface area (Å²) in [6.07, 6.45) is 0. The molecule has 0 bridgehead atoms. The lowest BCUT2D eigenvalue weighted by atomic mass is 10.1. The molecule has 0 saturated carbocycles. The van der Waals surface area contributed by atoms with E-state index in [0.717, 1.165) is 10.8 Å². The van der Waals surface area contributed by atoms with Crippen LogP contribution in [0, 0.1) is 0 Å².